The molecule has 0 fully saturated rings. The van der Waals surface area contributed by atoms with Crippen LogP contribution in [-0.4, -0.2) is 36.7 Å². The van der Waals surface area contributed by atoms with Crippen molar-refractivity contribution >= 4 is 27.3 Å². The van der Waals surface area contributed by atoms with Gasteiger partial charge in [0.1, 0.15) is 4.75 Å². The maximum atomic E-state index is 12.1. The molecule has 0 saturated heterocycles. The molecule has 0 unspecified atom stereocenters. The summed E-state index contributed by atoms with van der Waals surface area (Å²) in [6.45, 7) is 6.64. The van der Waals surface area contributed by atoms with Gasteiger partial charge in [-0.1, -0.05) is 13.8 Å². The normalized spacial score (nSPS) is 13.5. The lowest BCUT2D eigenvalue weighted by molar-refractivity contribution is -0.124. The molecule has 0 heterocycles. The van der Waals surface area contributed by atoms with Crippen LogP contribution < -0.4 is 5.32 Å². The first kappa shape index (κ1) is 16.7. The van der Waals surface area contributed by atoms with E-state index in [-0.39, 0.29) is 5.88 Å². The number of nitrogens with one attached hydrogen (secondary N) is 1. The van der Waals surface area contributed by atoms with Crippen LogP contribution in [0.5, 0.6) is 0 Å². The van der Waals surface area contributed by atoms with E-state index in [0.717, 1.165) is 6.26 Å². The largest absolute Gasteiger partial charge is 0.348 e. The van der Waals surface area contributed by atoms with Crippen molar-refractivity contribution in [3.05, 3.63) is 0 Å². The van der Waals surface area contributed by atoms with Gasteiger partial charge in [-0.15, -0.1) is 11.6 Å². The molecule has 6 heteroatoms. The molecule has 0 bridgehead atoms. The fourth-order valence-electron chi connectivity index (χ4n) is 1.21. The van der Waals surface area contributed by atoms with E-state index >= 15 is 0 Å². The van der Waals surface area contributed by atoms with Gasteiger partial charge in [0.25, 0.3) is 0 Å². The fraction of sp³-hybridized carbons (Fsp3) is 0.909. The molecular formula is C11H22ClNO3S. The van der Waals surface area contributed by atoms with Crippen LogP contribution in [0.3, 0.4) is 0 Å². The van der Waals surface area contributed by atoms with E-state index in [1.807, 2.05) is 13.8 Å². The first-order valence-electron chi connectivity index (χ1n) is 5.64. The van der Waals surface area contributed by atoms with E-state index in [2.05, 4.69) is 5.32 Å². The lowest BCUT2D eigenvalue weighted by Gasteiger charge is -2.34. The van der Waals surface area contributed by atoms with Gasteiger partial charge in [0.2, 0.25) is 5.91 Å². The van der Waals surface area contributed by atoms with Crippen molar-refractivity contribution in [2.75, 3.05) is 12.1 Å². The van der Waals surface area contributed by atoms with E-state index in [1.165, 1.54) is 13.8 Å². The summed E-state index contributed by atoms with van der Waals surface area (Å²) in [6.07, 6.45) is 2.39. The van der Waals surface area contributed by atoms with Crippen LogP contribution in [0.1, 0.15) is 40.5 Å². The van der Waals surface area contributed by atoms with Crippen molar-refractivity contribution in [3.63, 3.8) is 0 Å². The van der Waals surface area contributed by atoms with Gasteiger partial charge >= 0.3 is 0 Å². The highest BCUT2D eigenvalue weighted by atomic mass is 35.5. The molecule has 0 aromatic rings. The second-order valence-corrected chi connectivity index (χ2v) is 7.69. The number of hydrogen-bond donors (Lipinski definition) is 1. The van der Waals surface area contributed by atoms with Crippen molar-refractivity contribution in [1.82, 2.24) is 5.32 Å². The average molecular weight is 284 g/mol. The fourth-order valence-corrected chi connectivity index (χ4v) is 2.04. The Balaban J connectivity index is 5.11. The Morgan fingerprint density at radius 1 is 1.24 bits per heavy atom. The van der Waals surface area contributed by atoms with Crippen LogP contribution >= 0.6 is 11.6 Å². The van der Waals surface area contributed by atoms with E-state index in [0.29, 0.717) is 12.8 Å². The lowest BCUT2D eigenvalue weighted by atomic mass is 9.94. The predicted octanol–water partition coefficient (Wildman–Crippen LogP) is 1.72. The Morgan fingerprint density at radius 2 is 1.65 bits per heavy atom. The number of alkyl halides is 1. The number of carbonyl (C=O) groups is 1. The first-order chi connectivity index (χ1) is 7.56. The molecule has 0 spiro atoms. The molecule has 0 saturated carbocycles. The summed E-state index contributed by atoms with van der Waals surface area (Å²) in [4.78, 5) is 12.1. The predicted molar refractivity (Wildman–Crippen MR) is 71.1 cm³/mol. The molecule has 0 aliphatic carbocycles. The number of sulfone groups is 1. The van der Waals surface area contributed by atoms with Crippen LogP contribution in [0.4, 0.5) is 0 Å². The third-order valence-electron chi connectivity index (χ3n) is 3.46. The van der Waals surface area contributed by atoms with Crippen LogP contribution in [-0.2, 0) is 14.6 Å². The molecule has 0 aromatic heterocycles. The Bertz CT molecular complexity index is 364. The number of amides is 1. The second-order valence-electron chi connectivity index (χ2n) is 4.86. The second kappa shape index (κ2) is 5.57. The summed E-state index contributed by atoms with van der Waals surface area (Å²) in [5.41, 5.74) is -0.527. The minimum Gasteiger partial charge on any atom is -0.348 e. The van der Waals surface area contributed by atoms with Crippen molar-refractivity contribution in [2.24, 2.45) is 0 Å². The molecule has 0 aliphatic heterocycles. The van der Waals surface area contributed by atoms with Crippen LogP contribution in [0.25, 0.3) is 0 Å². The zero-order valence-electron chi connectivity index (χ0n) is 11.1. The van der Waals surface area contributed by atoms with E-state index in [4.69, 9.17) is 11.6 Å². The SMILES string of the molecule is CCC(CC)(CCl)NC(=O)C(C)(C)S(C)(=O)=O. The Kier molecular flexibility index (Phi) is 5.47. The lowest BCUT2D eigenvalue weighted by Crippen LogP contribution is -2.57. The molecule has 0 aromatic carbocycles. The highest BCUT2D eigenvalue weighted by molar-refractivity contribution is 7.92. The number of carbonyl (C=O) groups excluding carboxylic acids is 1. The van der Waals surface area contributed by atoms with Gasteiger partial charge in [0.05, 0.1) is 5.54 Å². The Morgan fingerprint density at radius 3 is 1.88 bits per heavy atom. The van der Waals surface area contributed by atoms with Crippen molar-refractivity contribution in [1.29, 1.82) is 0 Å². The van der Waals surface area contributed by atoms with Gasteiger partial charge in [-0.2, -0.15) is 0 Å². The third-order valence-corrected chi connectivity index (χ3v) is 6.01. The summed E-state index contributed by atoms with van der Waals surface area (Å²) >= 11 is 5.87. The van der Waals surface area contributed by atoms with Crippen molar-refractivity contribution in [3.8, 4) is 0 Å². The molecule has 102 valence electrons. The molecule has 4 nitrogen and oxygen atoms in total. The third kappa shape index (κ3) is 3.58. The maximum absolute atomic E-state index is 12.1. The van der Waals surface area contributed by atoms with E-state index in [9.17, 15) is 13.2 Å². The molecular weight excluding hydrogens is 262 g/mol. The molecule has 1 amide bonds. The zero-order valence-corrected chi connectivity index (χ0v) is 12.7. The van der Waals surface area contributed by atoms with Gasteiger partial charge in [-0.05, 0) is 26.7 Å². The molecule has 0 radical (unpaired) electrons. The minimum absolute atomic E-state index is 0.269. The molecule has 17 heavy (non-hydrogen) atoms. The summed E-state index contributed by atoms with van der Waals surface area (Å²) < 4.78 is 21.7. The summed E-state index contributed by atoms with van der Waals surface area (Å²) in [7, 11) is -3.45. The maximum Gasteiger partial charge on any atom is 0.241 e. The van der Waals surface area contributed by atoms with Crippen LogP contribution in [0.15, 0.2) is 0 Å². The highest BCUT2D eigenvalue weighted by Gasteiger charge is 2.41. The van der Waals surface area contributed by atoms with Gasteiger partial charge in [0, 0.05) is 12.1 Å². The van der Waals surface area contributed by atoms with Gasteiger partial charge in [-0.3, -0.25) is 4.79 Å². The van der Waals surface area contributed by atoms with Crippen molar-refractivity contribution in [2.45, 2.75) is 50.8 Å². The van der Waals surface area contributed by atoms with Crippen LogP contribution in [0.2, 0.25) is 0 Å². The molecule has 1 N–H and O–H groups in total. The number of halogens is 1. The summed E-state index contributed by atoms with van der Waals surface area (Å²) in [5.74, 6) is -0.227. The quantitative estimate of drug-likeness (QED) is 0.755. The van der Waals surface area contributed by atoms with Gasteiger partial charge in [0.15, 0.2) is 9.84 Å². The zero-order chi connectivity index (χ0) is 13.9. The highest BCUT2D eigenvalue weighted by Crippen LogP contribution is 2.21. The molecule has 0 aliphatic rings. The first-order valence-corrected chi connectivity index (χ1v) is 8.07. The average Bonchev–Trinajstić information content (AvgIpc) is 2.24. The number of hydrogen-bond acceptors (Lipinski definition) is 3. The standard InChI is InChI=1S/C11H22ClNO3S/c1-6-11(7-2,8-12)13-9(14)10(3,4)17(5,15)16/h6-8H2,1-5H3,(H,13,14). The Labute approximate surface area is 109 Å². The van der Waals surface area contributed by atoms with Crippen LogP contribution in [0, 0.1) is 0 Å². The molecule has 0 atom stereocenters. The topological polar surface area (TPSA) is 63.2 Å². The van der Waals surface area contributed by atoms with Crippen molar-refractivity contribution < 1.29 is 13.2 Å². The summed E-state index contributed by atoms with van der Waals surface area (Å²) in [5, 5.41) is 2.78. The van der Waals surface area contributed by atoms with E-state index in [1.54, 1.807) is 0 Å². The van der Waals surface area contributed by atoms with Gasteiger partial charge < -0.3 is 5.32 Å². The van der Waals surface area contributed by atoms with Gasteiger partial charge in [-0.25, -0.2) is 8.42 Å². The smallest absolute Gasteiger partial charge is 0.241 e. The Hall–Kier alpha value is -0.290. The van der Waals surface area contributed by atoms with E-state index < -0.39 is 26.0 Å². The minimum atomic E-state index is -3.45. The monoisotopic (exact) mass is 283 g/mol. The summed E-state index contributed by atoms with van der Waals surface area (Å²) in [6, 6.07) is 0. The molecule has 0 rings (SSSR count). The number of rotatable bonds is 6.